The number of benzene rings is 2. The highest BCUT2D eigenvalue weighted by molar-refractivity contribution is 5.94. The maximum absolute atomic E-state index is 12.7. The number of carbonyl (C=O) groups is 1. The molecule has 2 aromatic rings. The van der Waals surface area contributed by atoms with Crippen molar-refractivity contribution in [2.45, 2.75) is 25.9 Å². The van der Waals surface area contributed by atoms with Crippen molar-refractivity contribution in [3.05, 3.63) is 59.7 Å². The van der Waals surface area contributed by atoms with Crippen LogP contribution in [0.15, 0.2) is 48.5 Å². The van der Waals surface area contributed by atoms with Crippen LogP contribution in [-0.2, 0) is 4.74 Å². The number of likely N-dealkylation sites (N-methyl/N-ethyl adjacent to an activating group) is 1. The van der Waals surface area contributed by atoms with Gasteiger partial charge in [0.15, 0.2) is 0 Å². The van der Waals surface area contributed by atoms with Gasteiger partial charge >= 0.3 is 0 Å². The normalized spacial score (nSPS) is 16.1. The minimum absolute atomic E-state index is 0.0500. The highest BCUT2D eigenvalue weighted by Crippen LogP contribution is 2.19. The van der Waals surface area contributed by atoms with Crippen LogP contribution < -0.4 is 9.47 Å². The second-order valence-electron chi connectivity index (χ2n) is 6.81. The predicted molar refractivity (Wildman–Crippen MR) is 105 cm³/mol. The standard InChI is InChI=1S/C22H27NO4/c1-17-7-3-4-11-21(17)26-14-12-23(2)22(24)18-8-5-9-19(15-18)27-16-20-10-6-13-25-20/h3-5,7-9,11,15,20H,6,10,12-14,16H2,1-2H3/t20-/m1/s1. The molecule has 0 aromatic heterocycles. The molecule has 1 amide bonds. The van der Waals surface area contributed by atoms with Gasteiger partial charge in [-0.2, -0.15) is 0 Å². The van der Waals surface area contributed by atoms with Crippen LogP contribution in [0, 0.1) is 6.92 Å². The molecule has 0 saturated carbocycles. The summed E-state index contributed by atoms with van der Waals surface area (Å²) in [6.45, 7) is 4.29. The molecule has 0 N–H and O–H groups in total. The molecular weight excluding hydrogens is 342 g/mol. The van der Waals surface area contributed by atoms with Crippen LogP contribution in [0.1, 0.15) is 28.8 Å². The van der Waals surface area contributed by atoms with Crippen LogP contribution in [0.5, 0.6) is 11.5 Å². The van der Waals surface area contributed by atoms with Crippen molar-refractivity contribution in [1.29, 1.82) is 0 Å². The monoisotopic (exact) mass is 369 g/mol. The van der Waals surface area contributed by atoms with Gasteiger partial charge in [0.1, 0.15) is 24.7 Å². The Morgan fingerprint density at radius 2 is 2.04 bits per heavy atom. The van der Waals surface area contributed by atoms with E-state index in [2.05, 4.69) is 0 Å². The molecule has 1 saturated heterocycles. The van der Waals surface area contributed by atoms with Crippen LogP contribution in [0.3, 0.4) is 0 Å². The second-order valence-corrected chi connectivity index (χ2v) is 6.81. The first-order chi connectivity index (χ1) is 13.1. The molecule has 0 unspecified atom stereocenters. The molecule has 27 heavy (non-hydrogen) atoms. The number of ether oxygens (including phenoxy) is 3. The molecule has 1 heterocycles. The number of nitrogens with zero attached hydrogens (tertiary/aromatic N) is 1. The summed E-state index contributed by atoms with van der Waals surface area (Å²) in [6.07, 6.45) is 2.27. The largest absolute Gasteiger partial charge is 0.491 e. The molecule has 1 aliphatic rings. The van der Waals surface area contributed by atoms with Gasteiger partial charge in [-0.1, -0.05) is 24.3 Å². The Hall–Kier alpha value is -2.53. The van der Waals surface area contributed by atoms with E-state index < -0.39 is 0 Å². The Labute approximate surface area is 160 Å². The third kappa shape index (κ3) is 5.47. The molecule has 1 fully saturated rings. The maximum Gasteiger partial charge on any atom is 0.253 e. The summed E-state index contributed by atoms with van der Waals surface area (Å²) in [5.41, 5.74) is 1.70. The molecule has 144 valence electrons. The van der Waals surface area contributed by atoms with Crippen molar-refractivity contribution >= 4 is 5.91 Å². The number of hydrogen-bond acceptors (Lipinski definition) is 4. The molecule has 3 rings (SSSR count). The van der Waals surface area contributed by atoms with Crippen molar-refractivity contribution in [2.75, 3.05) is 33.4 Å². The summed E-state index contributed by atoms with van der Waals surface area (Å²) in [4.78, 5) is 14.3. The third-order valence-corrected chi connectivity index (χ3v) is 4.67. The van der Waals surface area contributed by atoms with Gasteiger partial charge in [0, 0.05) is 19.2 Å². The summed E-state index contributed by atoms with van der Waals surface area (Å²) in [6, 6.07) is 15.2. The quantitative estimate of drug-likeness (QED) is 0.712. The number of hydrogen-bond donors (Lipinski definition) is 0. The van der Waals surface area contributed by atoms with E-state index in [1.54, 1.807) is 24.1 Å². The fourth-order valence-corrected chi connectivity index (χ4v) is 3.02. The minimum atomic E-state index is -0.0500. The summed E-state index contributed by atoms with van der Waals surface area (Å²) >= 11 is 0. The first-order valence-corrected chi connectivity index (χ1v) is 9.42. The molecule has 0 bridgehead atoms. The fraction of sp³-hybridized carbons (Fsp3) is 0.409. The smallest absolute Gasteiger partial charge is 0.253 e. The average molecular weight is 369 g/mol. The fourth-order valence-electron chi connectivity index (χ4n) is 3.02. The molecule has 1 atom stereocenters. The van der Waals surface area contributed by atoms with Crippen LogP contribution in [0.4, 0.5) is 0 Å². The first kappa shape index (κ1) is 19.2. The van der Waals surface area contributed by atoms with Crippen LogP contribution in [-0.4, -0.2) is 50.3 Å². The van der Waals surface area contributed by atoms with E-state index in [1.807, 2.05) is 43.3 Å². The molecule has 0 aliphatic carbocycles. The van der Waals surface area contributed by atoms with Crippen molar-refractivity contribution in [1.82, 2.24) is 4.90 Å². The van der Waals surface area contributed by atoms with Crippen molar-refractivity contribution in [3.8, 4) is 11.5 Å². The molecule has 1 aliphatic heterocycles. The number of carbonyl (C=O) groups excluding carboxylic acids is 1. The lowest BCUT2D eigenvalue weighted by Gasteiger charge is -2.19. The summed E-state index contributed by atoms with van der Waals surface area (Å²) in [7, 11) is 1.78. The minimum Gasteiger partial charge on any atom is -0.491 e. The highest BCUT2D eigenvalue weighted by atomic mass is 16.5. The number of amides is 1. The van der Waals surface area contributed by atoms with Gasteiger partial charge < -0.3 is 19.1 Å². The molecule has 5 heteroatoms. The average Bonchev–Trinajstić information content (AvgIpc) is 3.21. The molecular formula is C22H27NO4. The van der Waals surface area contributed by atoms with Gasteiger partial charge in [0.05, 0.1) is 12.6 Å². The summed E-state index contributed by atoms with van der Waals surface area (Å²) in [5.74, 6) is 1.50. The van der Waals surface area contributed by atoms with E-state index in [0.29, 0.717) is 31.1 Å². The zero-order chi connectivity index (χ0) is 19.1. The van der Waals surface area contributed by atoms with Crippen molar-refractivity contribution in [3.63, 3.8) is 0 Å². The van der Waals surface area contributed by atoms with E-state index in [1.165, 1.54) is 0 Å². The molecule has 0 spiro atoms. The Bertz CT molecular complexity index is 755. The SMILES string of the molecule is Cc1ccccc1OCCN(C)C(=O)c1cccc(OC[C@H]2CCCO2)c1. The van der Waals surface area contributed by atoms with Crippen molar-refractivity contribution in [2.24, 2.45) is 0 Å². The third-order valence-electron chi connectivity index (χ3n) is 4.67. The Morgan fingerprint density at radius 1 is 1.19 bits per heavy atom. The number of aryl methyl sites for hydroxylation is 1. The van der Waals surface area contributed by atoms with Gasteiger partial charge in [-0.05, 0) is 49.6 Å². The topological polar surface area (TPSA) is 48.0 Å². The van der Waals surface area contributed by atoms with E-state index in [4.69, 9.17) is 14.2 Å². The summed E-state index contributed by atoms with van der Waals surface area (Å²) < 4.78 is 17.1. The van der Waals surface area contributed by atoms with E-state index in [0.717, 1.165) is 30.8 Å². The highest BCUT2D eigenvalue weighted by Gasteiger charge is 2.17. The lowest BCUT2D eigenvalue weighted by molar-refractivity contribution is 0.0678. The zero-order valence-electron chi connectivity index (χ0n) is 16.0. The zero-order valence-corrected chi connectivity index (χ0v) is 16.0. The van der Waals surface area contributed by atoms with E-state index >= 15 is 0 Å². The maximum atomic E-state index is 12.7. The molecule has 2 aromatic carbocycles. The van der Waals surface area contributed by atoms with E-state index in [-0.39, 0.29) is 12.0 Å². The van der Waals surface area contributed by atoms with Gasteiger partial charge in [0.2, 0.25) is 0 Å². The predicted octanol–water partition coefficient (Wildman–Crippen LogP) is 3.70. The number of para-hydroxylation sites is 1. The Balaban J connectivity index is 1.50. The first-order valence-electron chi connectivity index (χ1n) is 9.42. The van der Waals surface area contributed by atoms with Crippen molar-refractivity contribution < 1.29 is 19.0 Å². The van der Waals surface area contributed by atoms with Crippen LogP contribution in [0.25, 0.3) is 0 Å². The second kappa shape index (κ2) is 9.42. The van der Waals surface area contributed by atoms with E-state index in [9.17, 15) is 4.79 Å². The van der Waals surface area contributed by atoms with Gasteiger partial charge in [-0.3, -0.25) is 4.79 Å². The van der Waals surface area contributed by atoms with Crippen LogP contribution >= 0.6 is 0 Å². The van der Waals surface area contributed by atoms with Crippen LogP contribution in [0.2, 0.25) is 0 Å². The molecule has 5 nitrogen and oxygen atoms in total. The van der Waals surface area contributed by atoms with Gasteiger partial charge in [-0.25, -0.2) is 0 Å². The van der Waals surface area contributed by atoms with Gasteiger partial charge in [0.25, 0.3) is 5.91 Å². The van der Waals surface area contributed by atoms with Gasteiger partial charge in [-0.15, -0.1) is 0 Å². The Kier molecular flexibility index (Phi) is 6.71. The lowest BCUT2D eigenvalue weighted by atomic mass is 10.2. The Morgan fingerprint density at radius 3 is 2.81 bits per heavy atom. The lowest BCUT2D eigenvalue weighted by Crippen LogP contribution is -2.31. The summed E-state index contributed by atoms with van der Waals surface area (Å²) in [5, 5.41) is 0. The molecule has 0 radical (unpaired) electrons. The number of rotatable bonds is 8.